The predicted octanol–water partition coefficient (Wildman–Crippen LogP) is 5.29. The molecule has 2 N–H and O–H groups in total. The minimum absolute atomic E-state index is 0.137. The second kappa shape index (κ2) is 8.05. The number of phenols is 1. The maximum absolute atomic E-state index is 10.7. The molecule has 5 heteroatoms. The van der Waals surface area contributed by atoms with Gasteiger partial charge in [-0.05, 0) is 23.0 Å². The maximum atomic E-state index is 10.7. The molecule has 0 aliphatic heterocycles. The van der Waals surface area contributed by atoms with Gasteiger partial charge in [-0.15, -0.1) is 23.5 Å². The van der Waals surface area contributed by atoms with Crippen LogP contribution in [-0.2, 0) is 15.6 Å². The molecule has 0 amide bonds. The average molecular weight is 371 g/mol. The van der Waals surface area contributed by atoms with Crippen LogP contribution < -0.4 is 0 Å². The van der Waals surface area contributed by atoms with Crippen molar-refractivity contribution in [3.05, 3.63) is 23.3 Å². The number of rotatable bonds is 6. The molecule has 0 saturated carbocycles. The zero-order valence-electron chi connectivity index (χ0n) is 15.8. The average Bonchev–Trinajstić information content (AvgIpc) is 2.37. The molecule has 0 heterocycles. The van der Waals surface area contributed by atoms with Gasteiger partial charge in [0.05, 0.1) is 5.75 Å². The highest BCUT2D eigenvalue weighted by molar-refractivity contribution is 8.03. The molecule has 0 spiro atoms. The number of benzene rings is 1. The monoisotopic (exact) mass is 370 g/mol. The molecule has 0 bridgehead atoms. The summed E-state index contributed by atoms with van der Waals surface area (Å²) in [6.07, 6.45) is 0. The second-order valence-electron chi connectivity index (χ2n) is 8.20. The molecular formula is C19H30O3S2. The van der Waals surface area contributed by atoms with Crippen molar-refractivity contribution in [1.82, 2.24) is 0 Å². The van der Waals surface area contributed by atoms with Gasteiger partial charge in [-0.2, -0.15) is 0 Å². The molecule has 3 nitrogen and oxygen atoms in total. The largest absolute Gasteiger partial charge is 0.507 e. The summed E-state index contributed by atoms with van der Waals surface area (Å²) in [6, 6.07) is 4.15. The van der Waals surface area contributed by atoms with Gasteiger partial charge in [0, 0.05) is 27.0 Å². The van der Waals surface area contributed by atoms with E-state index < -0.39 is 5.97 Å². The van der Waals surface area contributed by atoms with Gasteiger partial charge in [0.25, 0.3) is 0 Å². The van der Waals surface area contributed by atoms with E-state index in [1.54, 1.807) is 11.8 Å². The zero-order valence-corrected chi connectivity index (χ0v) is 17.4. The third-order valence-electron chi connectivity index (χ3n) is 3.61. The van der Waals surface area contributed by atoms with Crippen molar-refractivity contribution >= 4 is 29.5 Å². The smallest absolute Gasteiger partial charge is 0.313 e. The van der Waals surface area contributed by atoms with E-state index in [9.17, 15) is 9.90 Å². The normalized spacial score (nSPS) is 13.8. The third-order valence-corrected chi connectivity index (χ3v) is 6.09. The molecule has 0 aliphatic carbocycles. The Morgan fingerprint density at radius 2 is 1.54 bits per heavy atom. The molecule has 24 heavy (non-hydrogen) atoms. The number of hydrogen-bond acceptors (Lipinski definition) is 4. The first-order valence-electron chi connectivity index (χ1n) is 8.16. The number of thioether (sulfide) groups is 2. The fourth-order valence-corrected chi connectivity index (χ4v) is 4.42. The van der Waals surface area contributed by atoms with Crippen molar-refractivity contribution in [3.63, 3.8) is 0 Å². The van der Waals surface area contributed by atoms with Gasteiger partial charge in [-0.25, -0.2) is 0 Å². The summed E-state index contributed by atoms with van der Waals surface area (Å²) in [5, 5.41) is 19.8. The number of phenolic OH excluding ortho intramolecular Hbond substituents is 1. The van der Waals surface area contributed by atoms with Crippen LogP contribution in [0.5, 0.6) is 5.75 Å². The van der Waals surface area contributed by atoms with E-state index in [1.807, 2.05) is 0 Å². The van der Waals surface area contributed by atoms with Crippen LogP contribution in [0.15, 0.2) is 17.0 Å². The lowest BCUT2D eigenvalue weighted by atomic mass is 9.79. The highest BCUT2D eigenvalue weighted by Crippen LogP contribution is 2.42. The second-order valence-corrected chi connectivity index (χ2v) is 10.7. The number of carboxylic acid groups (broad SMARTS) is 1. The Morgan fingerprint density at radius 3 is 1.92 bits per heavy atom. The number of carbonyl (C=O) groups is 1. The van der Waals surface area contributed by atoms with Crippen LogP contribution in [0.1, 0.15) is 59.6 Å². The van der Waals surface area contributed by atoms with Crippen LogP contribution in [0.4, 0.5) is 0 Å². The minimum Gasteiger partial charge on any atom is -0.507 e. The molecular weight excluding hydrogens is 340 g/mol. The van der Waals surface area contributed by atoms with Crippen molar-refractivity contribution in [2.75, 3.05) is 11.5 Å². The molecule has 136 valence electrons. The molecule has 1 aromatic carbocycles. The Labute approximate surface area is 154 Å². The zero-order chi connectivity index (χ0) is 18.7. The lowest BCUT2D eigenvalue weighted by molar-refractivity contribution is -0.133. The molecule has 1 aromatic rings. The van der Waals surface area contributed by atoms with Gasteiger partial charge in [0.2, 0.25) is 0 Å². The highest BCUT2D eigenvalue weighted by atomic mass is 32.2. The van der Waals surface area contributed by atoms with Crippen LogP contribution in [0, 0.1) is 0 Å². The minimum atomic E-state index is -0.771. The molecule has 0 aliphatic rings. The van der Waals surface area contributed by atoms with Crippen molar-refractivity contribution < 1.29 is 15.0 Å². The lowest BCUT2D eigenvalue weighted by Gasteiger charge is -2.28. The maximum Gasteiger partial charge on any atom is 0.313 e. The van der Waals surface area contributed by atoms with Crippen molar-refractivity contribution in [2.45, 2.75) is 69.4 Å². The molecule has 0 fully saturated rings. The number of hydrogen-bond donors (Lipinski definition) is 2. The molecule has 1 rings (SSSR count). The van der Waals surface area contributed by atoms with E-state index in [-0.39, 0.29) is 16.6 Å². The highest BCUT2D eigenvalue weighted by Gasteiger charge is 2.27. The van der Waals surface area contributed by atoms with E-state index in [1.165, 1.54) is 11.8 Å². The first-order valence-corrected chi connectivity index (χ1v) is 10.2. The molecule has 0 aromatic heterocycles. The lowest BCUT2D eigenvalue weighted by Crippen LogP contribution is -2.17. The molecule has 1 unspecified atom stereocenters. The summed E-state index contributed by atoms with van der Waals surface area (Å²) in [5.41, 5.74) is 1.65. The van der Waals surface area contributed by atoms with Crippen LogP contribution in [0.3, 0.4) is 0 Å². The topological polar surface area (TPSA) is 57.5 Å². The van der Waals surface area contributed by atoms with Gasteiger partial charge in [0.15, 0.2) is 0 Å². The fourth-order valence-electron chi connectivity index (χ4n) is 2.40. The predicted molar refractivity (Wildman–Crippen MR) is 106 cm³/mol. The summed E-state index contributed by atoms with van der Waals surface area (Å²) in [5.74, 6) is 0.549. The van der Waals surface area contributed by atoms with Crippen LogP contribution in [0.2, 0.25) is 0 Å². The quantitative estimate of drug-likeness (QED) is 0.667. The summed E-state index contributed by atoms with van der Waals surface area (Å²) >= 11 is 3.18. The van der Waals surface area contributed by atoms with Crippen LogP contribution in [-0.4, -0.2) is 32.9 Å². The van der Waals surface area contributed by atoms with Crippen molar-refractivity contribution in [2.24, 2.45) is 0 Å². The fraction of sp³-hybridized carbons (Fsp3) is 0.632. The summed E-state index contributed by atoms with van der Waals surface area (Å²) in [6.45, 7) is 14.7. The van der Waals surface area contributed by atoms with Crippen LogP contribution in [0.25, 0.3) is 0 Å². The van der Waals surface area contributed by atoms with E-state index >= 15 is 0 Å². The molecule has 0 radical (unpaired) electrons. The third kappa shape index (κ3) is 6.25. The first-order chi connectivity index (χ1) is 10.8. The van der Waals surface area contributed by atoms with Crippen molar-refractivity contribution in [3.8, 4) is 5.75 Å². The van der Waals surface area contributed by atoms with E-state index in [4.69, 9.17) is 5.11 Å². The Bertz CT molecular complexity index is 548. The van der Waals surface area contributed by atoms with Gasteiger partial charge in [-0.1, -0.05) is 48.5 Å². The number of carboxylic acids is 1. The number of aromatic hydroxyl groups is 1. The summed E-state index contributed by atoms with van der Waals surface area (Å²) < 4.78 is 0. The Kier molecular flexibility index (Phi) is 7.12. The summed E-state index contributed by atoms with van der Waals surface area (Å²) in [7, 11) is 0. The Morgan fingerprint density at radius 1 is 1.08 bits per heavy atom. The molecule has 0 saturated heterocycles. The van der Waals surface area contributed by atoms with E-state index in [2.05, 4.69) is 60.6 Å². The Balaban J connectivity index is 3.09. The van der Waals surface area contributed by atoms with Crippen LogP contribution >= 0.6 is 23.5 Å². The standard InChI is InChI=1S/C19H30O3S2/c1-12(10-23-11-16(20)21)24-13-8-14(18(2,3)4)17(22)15(9-13)19(5,6)7/h8-9,12,22H,10-11H2,1-7H3,(H,20,21). The van der Waals surface area contributed by atoms with Gasteiger partial charge in [-0.3, -0.25) is 4.79 Å². The Hall–Kier alpha value is -0.810. The van der Waals surface area contributed by atoms with E-state index in [0.717, 1.165) is 21.8 Å². The first kappa shape index (κ1) is 21.2. The van der Waals surface area contributed by atoms with Crippen molar-refractivity contribution in [1.29, 1.82) is 0 Å². The van der Waals surface area contributed by atoms with Gasteiger partial charge < -0.3 is 10.2 Å². The summed E-state index contributed by atoms with van der Waals surface area (Å²) in [4.78, 5) is 11.8. The van der Waals surface area contributed by atoms with Gasteiger partial charge >= 0.3 is 5.97 Å². The number of aliphatic carboxylic acids is 1. The molecule has 1 atom stereocenters. The van der Waals surface area contributed by atoms with Gasteiger partial charge in [0.1, 0.15) is 5.75 Å². The van der Waals surface area contributed by atoms with E-state index in [0.29, 0.717) is 11.0 Å². The SMILES string of the molecule is CC(CSCC(=O)O)Sc1cc(C(C)(C)C)c(O)c(C(C)(C)C)c1.